The molecule has 2 heteroatoms. The number of hydrogen-bond donors (Lipinski definition) is 1. The molecule has 1 nitrogen and oxygen atoms in total. The maximum atomic E-state index is 3.66. The van der Waals surface area contributed by atoms with E-state index in [0.29, 0.717) is 0 Å². The second-order valence-corrected chi connectivity index (χ2v) is 6.15. The summed E-state index contributed by atoms with van der Waals surface area (Å²) in [5, 5.41) is 3.61. The average Bonchev–Trinajstić information content (AvgIpc) is 3.22. The van der Waals surface area contributed by atoms with Crippen LogP contribution in [0.15, 0.2) is 46.9 Å². The van der Waals surface area contributed by atoms with Gasteiger partial charge in [0.25, 0.3) is 0 Å². The second-order valence-electron chi connectivity index (χ2n) is 5.30. The van der Waals surface area contributed by atoms with Gasteiger partial charge in [0.2, 0.25) is 0 Å². The first-order valence-corrected chi connectivity index (χ1v) is 7.61. The molecule has 0 heterocycles. The Hall–Kier alpha value is -1.12. The van der Waals surface area contributed by atoms with Crippen LogP contribution >= 0.6 is 15.9 Å². The largest absolute Gasteiger partial charge is 0.310 e. The molecule has 1 fully saturated rings. The van der Waals surface area contributed by atoms with Gasteiger partial charge in [0.15, 0.2) is 0 Å². The first kappa shape index (κ1) is 12.9. The molecule has 0 amide bonds. The van der Waals surface area contributed by atoms with Crippen molar-refractivity contribution >= 4 is 15.9 Å². The van der Waals surface area contributed by atoms with Crippen molar-refractivity contribution < 1.29 is 0 Å². The molecule has 3 rings (SSSR count). The monoisotopic (exact) mass is 315 g/mol. The van der Waals surface area contributed by atoms with Crippen LogP contribution in [-0.4, -0.2) is 6.04 Å². The van der Waals surface area contributed by atoms with Crippen molar-refractivity contribution in [3.05, 3.63) is 58.1 Å². The predicted molar refractivity (Wildman–Crippen MR) is 84.2 cm³/mol. The van der Waals surface area contributed by atoms with Crippen molar-refractivity contribution in [3.63, 3.8) is 0 Å². The molecule has 0 radical (unpaired) electrons. The average molecular weight is 316 g/mol. The van der Waals surface area contributed by atoms with Crippen molar-refractivity contribution in [1.29, 1.82) is 0 Å². The lowest BCUT2D eigenvalue weighted by Crippen LogP contribution is -2.15. The summed E-state index contributed by atoms with van der Waals surface area (Å²) < 4.78 is 1.16. The van der Waals surface area contributed by atoms with Gasteiger partial charge in [0.1, 0.15) is 0 Å². The molecule has 2 aromatic rings. The van der Waals surface area contributed by atoms with Crippen LogP contribution < -0.4 is 5.32 Å². The standard InChI is InChI=1S/C17H18BrN/c1-12-6-7-13(11-19-14-8-9-14)16(10-12)15-4-2-3-5-17(15)18/h2-7,10,14,19H,8-9,11H2,1H3. The van der Waals surface area contributed by atoms with Crippen LogP contribution in [0.5, 0.6) is 0 Å². The fourth-order valence-electron chi connectivity index (χ4n) is 2.32. The van der Waals surface area contributed by atoms with E-state index in [4.69, 9.17) is 0 Å². The number of benzene rings is 2. The van der Waals surface area contributed by atoms with Crippen LogP contribution in [0.2, 0.25) is 0 Å². The molecule has 19 heavy (non-hydrogen) atoms. The third-order valence-electron chi connectivity index (χ3n) is 3.59. The zero-order valence-electron chi connectivity index (χ0n) is 11.1. The fraction of sp³-hybridized carbons (Fsp3) is 0.294. The predicted octanol–water partition coefficient (Wildman–Crippen LogP) is 4.68. The fourth-order valence-corrected chi connectivity index (χ4v) is 2.81. The van der Waals surface area contributed by atoms with Crippen molar-refractivity contribution in [1.82, 2.24) is 5.32 Å². The summed E-state index contributed by atoms with van der Waals surface area (Å²) in [6.45, 7) is 3.11. The van der Waals surface area contributed by atoms with E-state index in [1.807, 2.05) is 0 Å². The Morgan fingerprint density at radius 1 is 1.11 bits per heavy atom. The molecule has 1 N–H and O–H groups in total. The van der Waals surface area contributed by atoms with Crippen LogP contribution in [-0.2, 0) is 6.54 Å². The van der Waals surface area contributed by atoms with Gasteiger partial charge in [0, 0.05) is 17.1 Å². The van der Waals surface area contributed by atoms with Crippen LogP contribution in [0.1, 0.15) is 24.0 Å². The molecule has 98 valence electrons. The third kappa shape index (κ3) is 3.07. The third-order valence-corrected chi connectivity index (χ3v) is 4.28. The SMILES string of the molecule is Cc1ccc(CNC2CC2)c(-c2ccccc2Br)c1. The molecule has 0 unspecified atom stereocenters. The summed E-state index contributed by atoms with van der Waals surface area (Å²) in [7, 11) is 0. The van der Waals surface area contributed by atoms with Gasteiger partial charge >= 0.3 is 0 Å². The highest BCUT2D eigenvalue weighted by Crippen LogP contribution is 2.32. The van der Waals surface area contributed by atoms with Crippen molar-refractivity contribution in [2.24, 2.45) is 0 Å². The van der Waals surface area contributed by atoms with Gasteiger partial charge in [-0.3, -0.25) is 0 Å². The zero-order valence-corrected chi connectivity index (χ0v) is 12.7. The minimum Gasteiger partial charge on any atom is -0.310 e. The molecule has 0 atom stereocenters. The number of halogens is 1. The molecule has 0 bridgehead atoms. The van der Waals surface area contributed by atoms with E-state index < -0.39 is 0 Å². The zero-order chi connectivity index (χ0) is 13.2. The van der Waals surface area contributed by atoms with E-state index in [1.165, 1.54) is 35.1 Å². The quantitative estimate of drug-likeness (QED) is 0.864. The Morgan fingerprint density at radius 2 is 1.89 bits per heavy atom. The molecule has 1 aliphatic carbocycles. The summed E-state index contributed by atoms with van der Waals surface area (Å²) in [6.07, 6.45) is 2.66. The van der Waals surface area contributed by atoms with E-state index >= 15 is 0 Å². The Kier molecular flexibility index (Phi) is 3.72. The summed E-state index contributed by atoms with van der Waals surface area (Å²) in [5.74, 6) is 0. The van der Waals surface area contributed by atoms with E-state index in [9.17, 15) is 0 Å². The summed E-state index contributed by atoms with van der Waals surface area (Å²) >= 11 is 3.66. The Morgan fingerprint density at radius 3 is 2.63 bits per heavy atom. The van der Waals surface area contributed by atoms with Crippen LogP contribution in [0.3, 0.4) is 0 Å². The first-order chi connectivity index (χ1) is 9.24. The lowest BCUT2D eigenvalue weighted by Gasteiger charge is -2.13. The summed E-state index contributed by atoms with van der Waals surface area (Å²) in [4.78, 5) is 0. The Balaban J connectivity index is 1.97. The van der Waals surface area contributed by atoms with Gasteiger partial charge in [-0.15, -0.1) is 0 Å². The van der Waals surface area contributed by atoms with Crippen LogP contribution in [0, 0.1) is 6.92 Å². The van der Waals surface area contributed by atoms with Gasteiger partial charge in [0.05, 0.1) is 0 Å². The highest BCUT2D eigenvalue weighted by molar-refractivity contribution is 9.10. The minimum atomic E-state index is 0.744. The number of nitrogens with one attached hydrogen (secondary N) is 1. The topological polar surface area (TPSA) is 12.0 Å². The molecule has 1 saturated carbocycles. The van der Waals surface area contributed by atoms with Gasteiger partial charge in [-0.05, 0) is 42.5 Å². The highest BCUT2D eigenvalue weighted by Gasteiger charge is 2.20. The number of hydrogen-bond acceptors (Lipinski definition) is 1. The Bertz CT molecular complexity index is 588. The smallest absolute Gasteiger partial charge is 0.0253 e. The van der Waals surface area contributed by atoms with E-state index in [2.05, 4.69) is 70.6 Å². The first-order valence-electron chi connectivity index (χ1n) is 6.82. The minimum absolute atomic E-state index is 0.744. The van der Waals surface area contributed by atoms with Gasteiger partial charge in [-0.25, -0.2) is 0 Å². The van der Waals surface area contributed by atoms with Crippen molar-refractivity contribution in [2.75, 3.05) is 0 Å². The second kappa shape index (κ2) is 5.48. The molecule has 0 aliphatic heterocycles. The van der Waals surface area contributed by atoms with Crippen LogP contribution in [0.4, 0.5) is 0 Å². The Labute approximate surface area is 123 Å². The van der Waals surface area contributed by atoms with Gasteiger partial charge in [-0.2, -0.15) is 0 Å². The molecular formula is C17H18BrN. The van der Waals surface area contributed by atoms with Gasteiger partial charge < -0.3 is 5.32 Å². The number of aryl methyl sites for hydroxylation is 1. The summed E-state index contributed by atoms with van der Waals surface area (Å²) in [5.41, 5.74) is 5.30. The molecule has 0 spiro atoms. The van der Waals surface area contributed by atoms with Crippen LogP contribution in [0.25, 0.3) is 11.1 Å². The molecule has 2 aromatic carbocycles. The maximum absolute atomic E-state index is 3.66. The lowest BCUT2D eigenvalue weighted by atomic mass is 9.97. The van der Waals surface area contributed by atoms with Crippen molar-refractivity contribution in [3.8, 4) is 11.1 Å². The van der Waals surface area contributed by atoms with E-state index in [1.54, 1.807) is 0 Å². The number of rotatable bonds is 4. The van der Waals surface area contributed by atoms with Crippen molar-refractivity contribution in [2.45, 2.75) is 32.4 Å². The molecular weight excluding hydrogens is 298 g/mol. The lowest BCUT2D eigenvalue weighted by molar-refractivity contribution is 0.688. The van der Waals surface area contributed by atoms with E-state index in [0.717, 1.165) is 17.1 Å². The molecule has 0 aromatic heterocycles. The highest BCUT2D eigenvalue weighted by atomic mass is 79.9. The summed E-state index contributed by atoms with van der Waals surface area (Å²) in [6, 6.07) is 15.9. The van der Waals surface area contributed by atoms with E-state index in [-0.39, 0.29) is 0 Å². The van der Waals surface area contributed by atoms with Gasteiger partial charge in [-0.1, -0.05) is 57.9 Å². The molecule has 1 aliphatic rings. The normalized spacial score (nSPS) is 14.6. The maximum Gasteiger partial charge on any atom is 0.0253 e. The molecule has 0 saturated heterocycles.